The van der Waals surface area contributed by atoms with E-state index in [9.17, 15) is 9.59 Å². The number of aromatic nitrogens is 2. The molecule has 0 unspecified atom stereocenters. The van der Waals surface area contributed by atoms with Crippen LogP contribution in [0.25, 0.3) is 6.08 Å². The molecule has 0 bridgehead atoms. The van der Waals surface area contributed by atoms with Gasteiger partial charge in [-0.15, -0.1) is 11.3 Å². The largest absolute Gasteiger partial charge is 0.476 e. The standard InChI is InChI=1S/C13H11N3O3S/c1-8-2-3-9(20-8)4-5-10(17)16-12-11(13(18)19)14-6-7-15-12/h2-7H,1H3,(H,18,19)(H,15,16,17). The molecule has 0 aliphatic heterocycles. The average Bonchev–Trinajstić information content (AvgIpc) is 2.83. The van der Waals surface area contributed by atoms with E-state index in [0.717, 1.165) is 9.75 Å². The van der Waals surface area contributed by atoms with E-state index in [-0.39, 0.29) is 11.5 Å². The molecular formula is C13H11N3O3S. The zero-order chi connectivity index (χ0) is 14.5. The number of nitrogens with one attached hydrogen (secondary N) is 1. The minimum Gasteiger partial charge on any atom is -0.476 e. The molecule has 0 saturated heterocycles. The molecule has 0 aliphatic carbocycles. The third kappa shape index (κ3) is 3.48. The maximum Gasteiger partial charge on any atom is 0.358 e. The number of rotatable bonds is 4. The number of amides is 1. The molecule has 6 nitrogen and oxygen atoms in total. The first-order valence-electron chi connectivity index (χ1n) is 5.66. The number of aryl methyl sites for hydroxylation is 1. The van der Waals surface area contributed by atoms with Gasteiger partial charge >= 0.3 is 5.97 Å². The van der Waals surface area contributed by atoms with E-state index >= 15 is 0 Å². The van der Waals surface area contributed by atoms with E-state index in [2.05, 4.69) is 15.3 Å². The Morgan fingerprint density at radius 1 is 1.30 bits per heavy atom. The van der Waals surface area contributed by atoms with Crippen molar-refractivity contribution in [3.63, 3.8) is 0 Å². The molecule has 2 rings (SSSR count). The van der Waals surface area contributed by atoms with Crippen molar-refractivity contribution in [3.05, 3.63) is 46.1 Å². The van der Waals surface area contributed by atoms with Crippen molar-refractivity contribution in [2.75, 3.05) is 5.32 Å². The Bertz CT molecular complexity index is 679. The summed E-state index contributed by atoms with van der Waals surface area (Å²) >= 11 is 1.56. The zero-order valence-corrected chi connectivity index (χ0v) is 11.3. The molecule has 0 saturated carbocycles. The Hall–Kier alpha value is -2.54. The fourth-order valence-electron chi connectivity index (χ4n) is 1.45. The van der Waals surface area contributed by atoms with Gasteiger partial charge in [-0.1, -0.05) is 0 Å². The van der Waals surface area contributed by atoms with Crippen LogP contribution in [-0.4, -0.2) is 27.0 Å². The number of nitrogens with zero attached hydrogens (tertiary/aromatic N) is 2. The quantitative estimate of drug-likeness (QED) is 0.842. The Kier molecular flexibility index (Phi) is 4.21. The second-order valence-electron chi connectivity index (χ2n) is 3.83. The number of aromatic carboxylic acids is 1. The number of carbonyl (C=O) groups excluding carboxylic acids is 1. The van der Waals surface area contributed by atoms with Crippen LogP contribution in [0.15, 0.2) is 30.6 Å². The first-order chi connectivity index (χ1) is 9.56. The van der Waals surface area contributed by atoms with Crippen LogP contribution in [0.1, 0.15) is 20.2 Å². The first kappa shape index (κ1) is 13.9. The fourth-order valence-corrected chi connectivity index (χ4v) is 2.23. The lowest BCUT2D eigenvalue weighted by Crippen LogP contribution is -2.14. The van der Waals surface area contributed by atoms with Crippen LogP contribution in [-0.2, 0) is 4.79 Å². The molecule has 102 valence electrons. The molecule has 1 amide bonds. The molecule has 2 heterocycles. The van der Waals surface area contributed by atoms with Gasteiger partial charge in [-0.25, -0.2) is 14.8 Å². The monoisotopic (exact) mass is 289 g/mol. The van der Waals surface area contributed by atoms with E-state index in [1.54, 1.807) is 17.4 Å². The molecule has 2 aromatic heterocycles. The lowest BCUT2D eigenvalue weighted by molar-refractivity contribution is -0.111. The molecule has 2 aromatic rings. The summed E-state index contributed by atoms with van der Waals surface area (Å²) < 4.78 is 0. The molecule has 20 heavy (non-hydrogen) atoms. The van der Waals surface area contributed by atoms with Crippen LogP contribution in [0, 0.1) is 6.92 Å². The van der Waals surface area contributed by atoms with E-state index in [1.807, 2.05) is 19.1 Å². The highest BCUT2D eigenvalue weighted by atomic mass is 32.1. The summed E-state index contributed by atoms with van der Waals surface area (Å²) in [7, 11) is 0. The zero-order valence-electron chi connectivity index (χ0n) is 10.5. The summed E-state index contributed by atoms with van der Waals surface area (Å²) in [6, 6.07) is 3.85. The van der Waals surface area contributed by atoms with Crippen molar-refractivity contribution >= 4 is 35.1 Å². The average molecular weight is 289 g/mol. The van der Waals surface area contributed by atoms with Crippen LogP contribution in [0.3, 0.4) is 0 Å². The second-order valence-corrected chi connectivity index (χ2v) is 5.15. The topological polar surface area (TPSA) is 92.2 Å². The van der Waals surface area contributed by atoms with Crippen molar-refractivity contribution < 1.29 is 14.7 Å². The van der Waals surface area contributed by atoms with Gasteiger partial charge in [0.15, 0.2) is 11.5 Å². The van der Waals surface area contributed by atoms with Gasteiger partial charge in [0.1, 0.15) is 0 Å². The Morgan fingerprint density at radius 2 is 2.05 bits per heavy atom. The molecule has 0 spiro atoms. The van der Waals surface area contributed by atoms with Crippen LogP contribution < -0.4 is 5.32 Å². The van der Waals surface area contributed by atoms with Gasteiger partial charge in [0, 0.05) is 28.2 Å². The van der Waals surface area contributed by atoms with Crippen molar-refractivity contribution in [1.29, 1.82) is 0 Å². The summed E-state index contributed by atoms with van der Waals surface area (Å²) in [5, 5.41) is 11.3. The third-order valence-corrected chi connectivity index (χ3v) is 3.27. The highest BCUT2D eigenvalue weighted by molar-refractivity contribution is 7.12. The highest BCUT2D eigenvalue weighted by Gasteiger charge is 2.13. The van der Waals surface area contributed by atoms with Crippen molar-refractivity contribution in [3.8, 4) is 0 Å². The number of carboxylic acids is 1. The maximum atomic E-state index is 11.7. The van der Waals surface area contributed by atoms with Gasteiger partial charge in [-0.2, -0.15) is 0 Å². The van der Waals surface area contributed by atoms with Crippen molar-refractivity contribution in [2.45, 2.75) is 6.92 Å². The van der Waals surface area contributed by atoms with Crippen LogP contribution in [0.5, 0.6) is 0 Å². The number of anilines is 1. The van der Waals surface area contributed by atoms with Gasteiger partial charge in [0.05, 0.1) is 0 Å². The first-order valence-corrected chi connectivity index (χ1v) is 6.47. The molecular weight excluding hydrogens is 278 g/mol. The minimum atomic E-state index is -1.24. The lowest BCUT2D eigenvalue weighted by atomic mass is 10.3. The summed E-state index contributed by atoms with van der Waals surface area (Å²) in [6.45, 7) is 1.97. The Morgan fingerprint density at radius 3 is 2.70 bits per heavy atom. The Balaban J connectivity index is 2.09. The number of hydrogen-bond donors (Lipinski definition) is 2. The SMILES string of the molecule is Cc1ccc(C=CC(=O)Nc2nccnc2C(=O)O)s1. The van der Waals surface area contributed by atoms with Crippen molar-refractivity contribution in [2.24, 2.45) is 0 Å². The number of hydrogen-bond acceptors (Lipinski definition) is 5. The minimum absolute atomic E-state index is 0.0722. The van der Waals surface area contributed by atoms with E-state index < -0.39 is 11.9 Å². The van der Waals surface area contributed by atoms with E-state index in [0.29, 0.717) is 0 Å². The summed E-state index contributed by atoms with van der Waals surface area (Å²) in [5.41, 5.74) is -0.291. The highest BCUT2D eigenvalue weighted by Crippen LogP contribution is 2.16. The summed E-state index contributed by atoms with van der Waals surface area (Å²) in [5.74, 6) is -1.78. The van der Waals surface area contributed by atoms with Gasteiger partial charge in [0.2, 0.25) is 5.91 Å². The van der Waals surface area contributed by atoms with Gasteiger partial charge in [-0.3, -0.25) is 4.79 Å². The van der Waals surface area contributed by atoms with E-state index in [1.165, 1.54) is 18.5 Å². The Labute approximate surface area is 118 Å². The number of carboxylic acid groups (broad SMARTS) is 1. The smallest absolute Gasteiger partial charge is 0.358 e. The molecule has 7 heteroatoms. The molecule has 0 fully saturated rings. The predicted octanol–water partition coefficient (Wildman–Crippen LogP) is 2.20. The summed E-state index contributed by atoms with van der Waals surface area (Å²) in [6.07, 6.45) is 5.55. The van der Waals surface area contributed by atoms with Gasteiger partial charge in [-0.05, 0) is 25.1 Å². The van der Waals surface area contributed by atoms with Crippen LogP contribution in [0.4, 0.5) is 5.82 Å². The van der Waals surface area contributed by atoms with Crippen LogP contribution >= 0.6 is 11.3 Å². The van der Waals surface area contributed by atoms with Crippen molar-refractivity contribution in [1.82, 2.24) is 9.97 Å². The van der Waals surface area contributed by atoms with Gasteiger partial charge in [0.25, 0.3) is 0 Å². The predicted molar refractivity (Wildman–Crippen MR) is 75.7 cm³/mol. The third-order valence-electron chi connectivity index (χ3n) is 2.30. The summed E-state index contributed by atoms with van der Waals surface area (Å²) in [4.78, 5) is 32.2. The normalized spacial score (nSPS) is 10.7. The number of carbonyl (C=O) groups is 2. The van der Waals surface area contributed by atoms with E-state index in [4.69, 9.17) is 5.11 Å². The second kappa shape index (κ2) is 6.07. The molecule has 0 aromatic carbocycles. The van der Waals surface area contributed by atoms with Gasteiger partial charge < -0.3 is 10.4 Å². The fraction of sp³-hybridized carbons (Fsp3) is 0.0769. The number of thiophene rings is 1. The molecule has 0 aliphatic rings. The molecule has 2 N–H and O–H groups in total. The molecule has 0 radical (unpaired) electrons. The van der Waals surface area contributed by atoms with Crippen LogP contribution in [0.2, 0.25) is 0 Å². The maximum absolute atomic E-state index is 11.7. The lowest BCUT2D eigenvalue weighted by Gasteiger charge is -2.03. The molecule has 0 atom stereocenters.